The van der Waals surface area contributed by atoms with Crippen molar-refractivity contribution in [1.29, 1.82) is 0 Å². The number of methoxy groups -OCH3 is 1. The number of ether oxygens (including phenoxy) is 2. The van der Waals surface area contributed by atoms with Crippen molar-refractivity contribution in [3.63, 3.8) is 0 Å². The Kier molecular flexibility index (Phi) is 6.54. The summed E-state index contributed by atoms with van der Waals surface area (Å²) in [6.07, 6.45) is 0. The Morgan fingerprint density at radius 3 is 2.61 bits per heavy atom. The number of aromatic nitrogens is 2. The lowest BCUT2D eigenvalue weighted by Crippen LogP contribution is -2.14. The van der Waals surface area contributed by atoms with E-state index in [9.17, 15) is 4.79 Å². The second-order valence-corrected chi connectivity index (χ2v) is 6.94. The number of hydrogen-bond donors (Lipinski definition) is 1. The Morgan fingerprint density at radius 2 is 1.86 bits per heavy atom. The highest BCUT2D eigenvalue weighted by Gasteiger charge is 2.13. The van der Waals surface area contributed by atoms with Crippen LogP contribution in [0.15, 0.2) is 52.1 Å². The van der Waals surface area contributed by atoms with Crippen LogP contribution in [0.25, 0.3) is 0 Å². The summed E-state index contributed by atoms with van der Waals surface area (Å²) in [5, 5.41) is 11.0. The lowest BCUT2D eigenvalue weighted by molar-refractivity contribution is -0.113. The Balaban J connectivity index is 1.51. The van der Waals surface area contributed by atoms with E-state index in [4.69, 9.17) is 13.9 Å². The Hall–Kier alpha value is -3.00. The third-order valence-electron chi connectivity index (χ3n) is 3.90. The molecular weight excluding hydrogens is 378 g/mol. The van der Waals surface area contributed by atoms with Gasteiger partial charge in [-0.25, -0.2) is 0 Å². The molecule has 146 valence electrons. The van der Waals surface area contributed by atoms with Crippen molar-refractivity contribution in [2.24, 2.45) is 0 Å². The largest absolute Gasteiger partial charge is 0.495 e. The third kappa shape index (κ3) is 5.04. The number of aryl methyl sites for hydroxylation is 2. The fourth-order valence-electron chi connectivity index (χ4n) is 2.58. The molecule has 0 aliphatic heterocycles. The predicted molar refractivity (Wildman–Crippen MR) is 107 cm³/mol. The fraction of sp³-hybridized carbons (Fsp3) is 0.250. The molecule has 7 nitrogen and oxygen atoms in total. The van der Waals surface area contributed by atoms with Crippen LogP contribution in [0.3, 0.4) is 0 Å². The van der Waals surface area contributed by atoms with Gasteiger partial charge in [-0.05, 0) is 37.1 Å². The first-order chi connectivity index (χ1) is 13.6. The molecule has 0 spiro atoms. The Labute approximate surface area is 167 Å². The molecule has 0 bridgehead atoms. The van der Waals surface area contributed by atoms with E-state index in [0.29, 0.717) is 22.6 Å². The number of carbonyl (C=O) groups excluding carboxylic acids is 1. The van der Waals surface area contributed by atoms with E-state index < -0.39 is 0 Å². The molecule has 0 atom stereocenters. The SMILES string of the molecule is COc1ccccc1NC(=O)CSc1nnc(COc2c(C)cccc2C)o1. The van der Waals surface area contributed by atoms with Crippen molar-refractivity contribution >= 4 is 23.4 Å². The molecule has 3 rings (SSSR count). The lowest BCUT2D eigenvalue weighted by Gasteiger charge is -2.09. The summed E-state index contributed by atoms with van der Waals surface area (Å²) >= 11 is 1.16. The van der Waals surface area contributed by atoms with E-state index in [1.54, 1.807) is 19.2 Å². The minimum absolute atomic E-state index is 0.136. The smallest absolute Gasteiger partial charge is 0.277 e. The van der Waals surface area contributed by atoms with E-state index in [2.05, 4.69) is 15.5 Å². The fourth-order valence-corrected chi connectivity index (χ4v) is 3.16. The topological polar surface area (TPSA) is 86.5 Å². The van der Waals surface area contributed by atoms with E-state index in [1.165, 1.54) is 0 Å². The van der Waals surface area contributed by atoms with Crippen LogP contribution in [-0.2, 0) is 11.4 Å². The first kappa shape index (κ1) is 19.8. The van der Waals surface area contributed by atoms with E-state index in [0.717, 1.165) is 28.6 Å². The Morgan fingerprint density at radius 1 is 1.11 bits per heavy atom. The van der Waals surface area contributed by atoms with Gasteiger partial charge in [0.25, 0.3) is 11.1 Å². The summed E-state index contributed by atoms with van der Waals surface area (Å²) in [5.74, 6) is 1.71. The van der Waals surface area contributed by atoms with Gasteiger partial charge < -0.3 is 19.2 Å². The van der Waals surface area contributed by atoms with Crippen LogP contribution in [0.5, 0.6) is 11.5 Å². The zero-order valence-corrected chi connectivity index (χ0v) is 16.7. The van der Waals surface area contributed by atoms with Crippen molar-refractivity contribution in [2.45, 2.75) is 25.7 Å². The van der Waals surface area contributed by atoms with Crippen LogP contribution in [0.1, 0.15) is 17.0 Å². The quantitative estimate of drug-likeness (QED) is 0.573. The second kappa shape index (κ2) is 9.27. The average Bonchev–Trinajstić information content (AvgIpc) is 3.14. The molecule has 0 aliphatic rings. The number of rotatable bonds is 8. The van der Waals surface area contributed by atoms with Crippen molar-refractivity contribution in [3.8, 4) is 11.5 Å². The zero-order valence-electron chi connectivity index (χ0n) is 15.9. The van der Waals surface area contributed by atoms with Gasteiger partial charge in [0.2, 0.25) is 5.91 Å². The molecule has 1 aromatic heterocycles. The molecule has 1 amide bonds. The molecule has 1 heterocycles. The van der Waals surface area contributed by atoms with Gasteiger partial charge in [-0.3, -0.25) is 4.79 Å². The summed E-state index contributed by atoms with van der Waals surface area (Å²) < 4.78 is 16.6. The summed E-state index contributed by atoms with van der Waals surface area (Å²) in [6.45, 7) is 4.14. The first-order valence-electron chi connectivity index (χ1n) is 8.64. The van der Waals surface area contributed by atoms with Gasteiger partial charge in [0.15, 0.2) is 6.61 Å². The van der Waals surface area contributed by atoms with Crippen LogP contribution in [0.4, 0.5) is 5.69 Å². The molecule has 0 saturated carbocycles. The molecule has 8 heteroatoms. The van der Waals surface area contributed by atoms with Crippen LogP contribution in [0, 0.1) is 13.8 Å². The number of para-hydroxylation sites is 3. The van der Waals surface area contributed by atoms with Crippen LogP contribution >= 0.6 is 11.8 Å². The number of anilines is 1. The average molecular weight is 399 g/mol. The predicted octanol–water partition coefficient (Wildman–Crippen LogP) is 4.00. The molecule has 0 saturated heterocycles. The van der Waals surface area contributed by atoms with E-state index in [1.807, 2.05) is 44.2 Å². The van der Waals surface area contributed by atoms with E-state index >= 15 is 0 Å². The van der Waals surface area contributed by atoms with Crippen molar-refractivity contribution in [3.05, 3.63) is 59.5 Å². The zero-order chi connectivity index (χ0) is 19.9. The van der Waals surface area contributed by atoms with Crippen LogP contribution < -0.4 is 14.8 Å². The van der Waals surface area contributed by atoms with Crippen LogP contribution in [0.2, 0.25) is 0 Å². The van der Waals surface area contributed by atoms with E-state index in [-0.39, 0.29) is 18.3 Å². The van der Waals surface area contributed by atoms with Gasteiger partial charge in [0, 0.05) is 0 Å². The lowest BCUT2D eigenvalue weighted by atomic mass is 10.1. The molecule has 0 aliphatic carbocycles. The Bertz CT molecular complexity index is 938. The van der Waals surface area contributed by atoms with Gasteiger partial charge in [-0.1, -0.05) is 42.1 Å². The van der Waals surface area contributed by atoms with Gasteiger partial charge in [0.05, 0.1) is 18.6 Å². The number of thioether (sulfide) groups is 1. The number of nitrogens with one attached hydrogen (secondary N) is 1. The highest BCUT2D eigenvalue weighted by Crippen LogP contribution is 2.25. The van der Waals surface area contributed by atoms with Crippen molar-refractivity contribution in [2.75, 3.05) is 18.2 Å². The number of hydrogen-bond acceptors (Lipinski definition) is 7. The number of amides is 1. The minimum atomic E-state index is -0.193. The molecule has 3 aromatic rings. The standard InChI is InChI=1S/C20H21N3O4S/c1-13-7-6-8-14(2)19(13)26-11-18-22-23-20(27-18)28-12-17(24)21-15-9-4-5-10-16(15)25-3/h4-10H,11-12H2,1-3H3,(H,21,24). The summed E-state index contributed by atoms with van der Waals surface area (Å²) in [5.41, 5.74) is 2.70. The monoisotopic (exact) mass is 399 g/mol. The van der Waals surface area contributed by atoms with Crippen LogP contribution in [-0.4, -0.2) is 29.0 Å². The normalized spacial score (nSPS) is 10.5. The number of carbonyl (C=O) groups is 1. The molecular formula is C20H21N3O4S. The summed E-state index contributed by atoms with van der Waals surface area (Å²) in [7, 11) is 1.56. The van der Waals surface area contributed by atoms with Crippen molar-refractivity contribution in [1.82, 2.24) is 10.2 Å². The third-order valence-corrected chi connectivity index (χ3v) is 4.72. The number of benzene rings is 2. The first-order valence-corrected chi connectivity index (χ1v) is 9.62. The summed E-state index contributed by atoms with van der Waals surface area (Å²) in [6, 6.07) is 13.2. The van der Waals surface area contributed by atoms with Gasteiger partial charge in [0.1, 0.15) is 11.5 Å². The number of nitrogens with zero attached hydrogens (tertiary/aromatic N) is 2. The van der Waals surface area contributed by atoms with Gasteiger partial charge >= 0.3 is 0 Å². The molecule has 1 N–H and O–H groups in total. The molecule has 0 unspecified atom stereocenters. The highest BCUT2D eigenvalue weighted by molar-refractivity contribution is 7.99. The minimum Gasteiger partial charge on any atom is -0.495 e. The maximum absolute atomic E-state index is 12.1. The second-order valence-electron chi connectivity index (χ2n) is 6.01. The summed E-state index contributed by atoms with van der Waals surface area (Å²) in [4.78, 5) is 12.1. The molecule has 2 aromatic carbocycles. The maximum Gasteiger partial charge on any atom is 0.277 e. The van der Waals surface area contributed by atoms with Gasteiger partial charge in [-0.15, -0.1) is 10.2 Å². The van der Waals surface area contributed by atoms with Crippen molar-refractivity contribution < 1.29 is 18.7 Å². The molecule has 0 fully saturated rings. The molecule has 28 heavy (non-hydrogen) atoms. The molecule has 0 radical (unpaired) electrons. The maximum atomic E-state index is 12.1. The van der Waals surface area contributed by atoms with Gasteiger partial charge in [-0.2, -0.15) is 0 Å². The highest BCUT2D eigenvalue weighted by atomic mass is 32.2.